The van der Waals surface area contributed by atoms with Crippen LogP contribution in [0.15, 0.2) is 0 Å². The van der Waals surface area contributed by atoms with Gasteiger partial charge in [0.05, 0.1) is 26.4 Å². The highest BCUT2D eigenvalue weighted by atomic mass is 31.2. The van der Waals surface area contributed by atoms with E-state index in [1.807, 2.05) is 0 Å². The van der Waals surface area contributed by atoms with Gasteiger partial charge in [-0.1, -0.05) is 357 Å². The van der Waals surface area contributed by atoms with Gasteiger partial charge in [0, 0.05) is 25.7 Å². The molecule has 0 fully saturated rings. The highest BCUT2D eigenvalue weighted by Crippen LogP contribution is 2.45. The van der Waals surface area contributed by atoms with Crippen LogP contribution in [0.2, 0.25) is 0 Å². The number of aliphatic hydroxyl groups excluding tert-OH is 1. The molecule has 0 saturated carbocycles. The number of carbonyl (C=O) groups excluding carboxylic acids is 4. The maximum atomic E-state index is 13.1. The first-order valence-corrected chi connectivity index (χ1v) is 43.8. The minimum Gasteiger partial charge on any atom is -0.462 e. The molecule has 0 aliphatic carbocycles. The van der Waals surface area contributed by atoms with Gasteiger partial charge in [-0.05, 0) is 43.4 Å². The lowest BCUT2D eigenvalue weighted by molar-refractivity contribution is -0.161. The molecule has 0 bridgehead atoms. The van der Waals surface area contributed by atoms with Gasteiger partial charge >= 0.3 is 39.5 Å². The summed E-state index contributed by atoms with van der Waals surface area (Å²) in [5.74, 6) is 0.0889. The number of hydrogen-bond acceptors (Lipinski definition) is 15. The Kier molecular flexibility index (Phi) is 68.1. The number of carbonyl (C=O) groups is 4. The Morgan fingerprint density at radius 3 is 0.694 bits per heavy atom. The van der Waals surface area contributed by atoms with Gasteiger partial charge in [0.15, 0.2) is 12.2 Å². The SMILES string of the molecule is CCCCCCCCCCCCCCCCCCCCCCCC(=O)O[C@H](COC(=O)CCCCCCCCCCCCCCCC(C)C)COP(=O)(O)OC[C@@H](O)COP(=O)(O)OC[C@@H](COC(=O)CCCCCCCCC(C)C)OC(=O)CCCCCCCCCCCC(C)C. The number of esters is 4. The van der Waals surface area contributed by atoms with E-state index >= 15 is 0 Å². The highest BCUT2D eigenvalue weighted by molar-refractivity contribution is 7.47. The minimum atomic E-state index is -4.96. The van der Waals surface area contributed by atoms with E-state index in [1.165, 1.54) is 212 Å². The van der Waals surface area contributed by atoms with Crippen LogP contribution in [0, 0.1) is 17.8 Å². The zero-order valence-corrected chi connectivity index (χ0v) is 66.0. The Morgan fingerprint density at radius 1 is 0.276 bits per heavy atom. The van der Waals surface area contributed by atoms with Crippen LogP contribution >= 0.6 is 15.6 Å². The number of phosphoric ester groups is 2. The van der Waals surface area contributed by atoms with Gasteiger partial charge in [0.2, 0.25) is 0 Å². The van der Waals surface area contributed by atoms with Crippen LogP contribution in [0.4, 0.5) is 0 Å². The van der Waals surface area contributed by atoms with Crippen LogP contribution in [-0.2, 0) is 65.4 Å². The van der Waals surface area contributed by atoms with Gasteiger partial charge in [-0.15, -0.1) is 0 Å². The Bertz CT molecular complexity index is 1900. The van der Waals surface area contributed by atoms with Crippen molar-refractivity contribution in [2.75, 3.05) is 39.6 Å². The largest absolute Gasteiger partial charge is 0.472 e. The topological polar surface area (TPSA) is 237 Å². The number of aliphatic hydroxyl groups is 1. The van der Waals surface area contributed by atoms with Crippen molar-refractivity contribution in [3.05, 3.63) is 0 Å². The molecule has 0 aliphatic heterocycles. The normalized spacial score (nSPS) is 14.0. The molecule has 3 N–H and O–H groups in total. The molecule has 582 valence electrons. The summed E-state index contributed by atoms with van der Waals surface area (Å²) in [6.07, 6.45) is 57.2. The summed E-state index contributed by atoms with van der Waals surface area (Å²) >= 11 is 0. The van der Waals surface area contributed by atoms with Crippen molar-refractivity contribution in [1.82, 2.24) is 0 Å². The molecule has 0 aromatic carbocycles. The zero-order valence-electron chi connectivity index (χ0n) is 64.3. The molecule has 0 saturated heterocycles. The van der Waals surface area contributed by atoms with Crippen LogP contribution in [0.5, 0.6) is 0 Å². The maximum Gasteiger partial charge on any atom is 0.472 e. The van der Waals surface area contributed by atoms with Crippen LogP contribution in [0.1, 0.15) is 408 Å². The maximum absolute atomic E-state index is 13.1. The van der Waals surface area contributed by atoms with Gasteiger partial charge in [0.1, 0.15) is 19.3 Å². The lowest BCUT2D eigenvalue weighted by Gasteiger charge is -2.21. The smallest absolute Gasteiger partial charge is 0.462 e. The van der Waals surface area contributed by atoms with Gasteiger partial charge in [-0.2, -0.15) is 0 Å². The molecular weight excluding hydrogens is 1280 g/mol. The van der Waals surface area contributed by atoms with E-state index in [9.17, 15) is 43.2 Å². The molecule has 17 nitrogen and oxygen atoms in total. The first kappa shape index (κ1) is 96.1. The third-order valence-corrected chi connectivity index (χ3v) is 20.3. The molecule has 0 aromatic heterocycles. The molecule has 0 heterocycles. The third-order valence-electron chi connectivity index (χ3n) is 18.4. The molecule has 0 rings (SSSR count). The molecule has 0 spiro atoms. The van der Waals surface area contributed by atoms with E-state index in [1.54, 1.807) is 0 Å². The second kappa shape index (κ2) is 69.4. The van der Waals surface area contributed by atoms with Crippen LogP contribution in [0.3, 0.4) is 0 Å². The molecule has 2 unspecified atom stereocenters. The fraction of sp³-hybridized carbons (Fsp3) is 0.949. The molecule has 0 radical (unpaired) electrons. The molecule has 19 heteroatoms. The average molecular weight is 1440 g/mol. The van der Waals surface area contributed by atoms with Gasteiger partial charge in [-0.3, -0.25) is 37.3 Å². The zero-order chi connectivity index (χ0) is 72.3. The van der Waals surface area contributed by atoms with E-state index in [-0.39, 0.29) is 25.7 Å². The lowest BCUT2D eigenvalue weighted by Crippen LogP contribution is -2.30. The number of unbranched alkanes of at least 4 members (excludes halogenated alkanes) is 45. The summed E-state index contributed by atoms with van der Waals surface area (Å²) in [4.78, 5) is 72.9. The summed E-state index contributed by atoms with van der Waals surface area (Å²) < 4.78 is 68.6. The number of hydrogen-bond donors (Lipinski definition) is 3. The highest BCUT2D eigenvalue weighted by Gasteiger charge is 2.30. The summed E-state index contributed by atoms with van der Waals surface area (Å²) in [7, 11) is -9.92. The monoisotopic (exact) mass is 1440 g/mol. The Labute approximate surface area is 600 Å². The predicted octanol–water partition coefficient (Wildman–Crippen LogP) is 23.4. The van der Waals surface area contributed by atoms with Crippen molar-refractivity contribution in [3.63, 3.8) is 0 Å². The van der Waals surface area contributed by atoms with Crippen molar-refractivity contribution in [2.45, 2.75) is 426 Å². The van der Waals surface area contributed by atoms with Crippen molar-refractivity contribution in [3.8, 4) is 0 Å². The molecular formula is C79H154O17P2. The van der Waals surface area contributed by atoms with E-state index in [0.717, 1.165) is 108 Å². The van der Waals surface area contributed by atoms with E-state index in [0.29, 0.717) is 31.6 Å². The van der Waals surface area contributed by atoms with Crippen molar-refractivity contribution < 1.29 is 80.2 Å². The third kappa shape index (κ3) is 72.4. The quantitative estimate of drug-likeness (QED) is 0.0222. The second-order valence-corrected chi connectivity index (χ2v) is 32.8. The second-order valence-electron chi connectivity index (χ2n) is 29.9. The molecule has 0 aromatic rings. The van der Waals surface area contributed by atoms with E-state index in [4.69, 9.17) is 37.0 Å². The van der Waals surface area contributed by atoms with Crippen molar-refractivity contribution >= 4 is 39.5 Å². The Balaban J connectivity index is 5.20. The van der Waals surface area contributed by atoms with Crippen molar-refractivity contribution in [1.29, 1.82) is 0 Å². The van der Waals surface area contributed by atoms with Crippen LogP contribution in [0.25, 0.3) is 0 Å². The average Bonchev–Trinajstić information content (AvgIpc) is 0.926. The van der Waals surface area contributed by atoms with Gasteiger partial charge in [-0.25, -0.2) is 9.13 Å². The van der Waals surface area contributed by atoms with Gasteiger partial charge < -0.3 is 33.8 Å². The fourth-order valence-electron chi connectivity index (χ4n) is 12.1. The number of rotatable bonds is 77. The number of ether oxygens (including phenoxy) is 4. The lowest BCUT2D eigenvalue weighted by atomic mass is 10.0. The Hall–Kier alpha value is -1.94. The summed E-state index contributed by atoms with van der Waals surface area (Å²) in [5.41, 5.74) is 0. The first-order chi connectivity index (χ1) is 47.2. The predicted molar refractivity (Wildman–Crippen MR) is 400 cm³/mol. The van der Waals surface area contributed by atoms with Crippen LogP contribution < -0.4 is 0 Å². The van der Waals surface area contributed by atoms with Gasteiger partial charge in [0.25, 0.3) is 0 Å². The first-order valence-electron chi connectivity index (χ1n) is 40.8. The summed E-state index contributed by atoms with van der Waals surface area (Å²) in [5, 5.41) is 10.6. The fourth-order valence-corrected chi connectivity index (χ4v) is 13.7. The summed E-state index contributed by atoms with van der Waals surface area (Å²) in [6.45, 7) is 11.8. The Morgan fingerprint density at radius 2 is 0.469 bits per heavy atom. The van der Waals surface area contributed by atoms with Crippen LogP contribution in [-0.4, -0.2) is 96.7 Å². The molecule has 0 aliphatic rings. The number of phosphoric acid groups is 2. The molecule has 5 atom stereocenters. The minimum absolute atomic E-state index is 0.104. The summed E-state index contributed by atoms with van der Waals surface area (Å²) in [6, 6.07) is 0. The van der Waals surface area contributed by atoms with E-state index in [2.05, 4.69) is 48.5 Å². The van der Waals surface area contributed by atoms with E-state index < -0.39 is 97.5 Å². The molecule has 98 heavy (non-hydrogen) atoms. The van der Waals surface area contributed by atoms with Crippen molar-refractivity contribution in [2.24, 2.45) is 17.8 Å². The standard InChI is InChI=1S/C79H154O17P2/c1-8-9-10-11-12-13-14-15-16-17-18-19-20-21-22-25-29-34-39-48-55-62-78(83)95-74(66-89-76(81)60-53-46-38-33-28-26-23-24-27-31-36-43-50-57-70(2)3)68-93-97(85,86)91-64-73(80)65-92-98(87,88)94-69-75(67-90-77(82)61-54-47-42-41-45-52-59-72(6)7)96-79(84)63-56-49-40-35-30-32-37-44-51-58-71(4)5/h70-75,80H,8-69H2,1-7H3,(H,85,86)(H,87,88)/t73-,74-,75-/m1/s1. The molecule has 0 amide bonds.